The van der Waals surface area contributed by atoms with Gasteiger partial charge in [0.1, 0.15) is 0 Å². The maximum absolute atomic E-state index is 9.81. The molecule has 0 saturated heterocycles. The first kappa shape index (κ1) is 26.2. The summed E-state index contributed by atoms with van der Waals surface area (Å²) in [5.41, 5.74) is 3.70. The van der Waals surface area contributed by atoms with Crippen LogP contribution < -0.4 is 0 Å². The molecule has 3 aromatic rings. The van der Waals surface area contributed by atoms with Gasteiger partial charge in [0, 0.05) is 0 Å². The quantitative estimate of drug-likeness (QED) is 0.471. The topological polar surface area (TPSA) is 141 Å². The van der Waals surface area contributed by atoms with Crippen molar-refractivity contribution in [2.24, 2.45) is 9.98 Å². The highest BCUT2D eigenvalue weighted by Gasteiger charge is 1.92. The fourth-order valence-corrected chi connectivity index (χ4v) is 2.13. The molecule has 8 heteroatoms. The molecule has 0 radical (unpaired) electrons. The van der Waals surface area contributed by atoms with Crippen LogP contribution in [0.15, 0.2) is 94.9 Å². The van der Waals surface area contributed by atoms with E-state index in [4.69, 9.17) is 20.4 Å². The number of hydrogen-bond acceptors (Lipinski definition) is 8. The van der Waals surface area contributed by atoms with Crippen LogP contribution in [0.2, 0.25) is 0 Å². The zero-order chi connectivity index (χ0) is 23.2. The summed E-state index contributed by atoms with van der Waals surface area (Å²) in [6, 6.07) is 27.3. The second-order valence-electron chi connectivity index (χ2n) is 5.27. The van der Waals surface area contributed by atoms with E-state index in [2.05, 4.69) is 70.6 Å². The largest absolute Gasteiger partial charge is 0.240 e. The molecular weight excluding hydrogens is 396 g/mol. The summed E-state index contributed by atoms with van der Waals surface area (Å²) >= 11 is 0. The number of rotatable bonds is 4. The van der Waals surface area contributed by atoms with E-state index >= 15 is 0 Å². The maximum atomic E-state index is 9.81. The third-order valence-corrected chi connectivity index (χ3v) is 3.29. The molecule has 0 unspecified atom stereocenters. The lowest BCUT2D eigenvalue weighted by atomic mass is 10.1. The highest BCUT2D eigenvalue weighted by atomic mass is 16.1. The van der Waals surface area contributed by atoms with Gasteiger partial charge in [-0.2, -0.15) is 9.98 Å². The number of nitrogens with one attached hydrogen (secondary N) is 2. The summed E-state index contributed by atoms with van der Waals surface area (Å²) in [4.78, 5) is 43.0. The van der Waals surface area contributed by atoms with Crippen molar-refractivity contribution in [2.45, 2.75) is 6.42 Å². The molecule has 3 rings (SSSR count). The minimum atomic E-state index is 0.481. The Bertz CT molecular complexity index is 957. The summed E-state index contributed by atoms with van der Waals surface area (Å²) in [5, 5.41) is 10.8. The van der Waals surface area contributed by atoms with Crippen LogP contribution in [0, 0.1) is 10.8 Å². The van der Waals surface area contributed by atoms with Crippen molar-refractivity contribution in [1.29, 1.82) is 10.8 Å². The predicted molar refractivity (Wildman–Crippen MR) is 115 cm³/mol. The van der Waals surface area contributed by atoms with Crippen LogP contribution >= 0.6 is 0 Å². The van der Waals surface area contributed by atoms with Crippen LogP contribution in [0.1, 0.15) is 11.1 Å². The Morgan fingerprint density at radius 1 is 0.548 bits per heavy atom. The number of hydrogen-bond donors (Lipinski definition) is 2. The van der Waals surface area contributed by atoms with Crippen LogP contribution in [0.25, 0.3) is 0 Å². The molecule has 0 aliphatic carbocycles. The fourth-order valence-electron chi connectivity index (χ4n) is 2.13. The molecule has 0 aliphatic rings. The van der Waals surface area contributed by atoms with Gasteiger partial charge in [0.25, 0.3) is 0 Å². The zero-order valence-electron chi connectivity index (χ0n) is 16.3. The van der Waals surface area contributed by atoms with E-state index < -0.39 is 0 Å². The smallest absolute Gasteiger partial charge is 0.222 e. The van der Waals surface area contributed by atoms with Crippen LogP contribution in [0.3, 0.4) is 0 Å². The van der Waals surface area contributed by atoms with Crippen molar-refractivity contribution in [3.63, 3.8) is 0 Å². The van der Waals surface area contributed by atoms with E-state index in [-0.39, 0.29) is 0 Å². The number of benzene rings is 3. The standard InChI is InChI=1S/C13H12.C8H4N2O2.2CHNO/c1-3-7-12(8-4-1)11-13-9-5-2-6-10-13;11-5-9-7-1-2-8(4-3-7)10-6-12;2*2-1-3/h1-10H,11H2;1-4H;2*2H. The van der Waals surface area contributed by atoms with Crippen molar-refractivity contribution < 1.29 is 19.2 Å². The Hall–Kier alpha value is -4.82. The van der Waals surface area contributed by atoms with E-state index in [1.807, 2.05) is 0 Å². The Kier molecular flexibility index (Phi) is 15.7. The summed E-state index contributed by atoms with van der Waals surface area (Å²) in [7, 11) is 0. The highest BCUT2D eigenvalue weighted by molar-refractivity contribution is 5.55. The van der Waals surface area contributed by atoms with Gasteiger partial charge in [-0.3, -0.25) is 0 Å². The van der Waals surface area contributed by atoms with E-state index in [0.717, 1.165) is 18.6 Å². The summed E-state index contributed by atoms with van der Waals surface area (Å²) in [5.74, 6) is 0. The van der Waals surface area contributed by atoms with Crippen molar-refractivity contribution >= 4 is 35.7 Å². The molecule has 0 heterocycles. The second-order valence-corrected chi connectivity index (χ2v) is 5.27. The maximum Gasteiger partial charge on any atom is 0.240 e. The van der Waals surface area contributed by atoms with Gasteiger partial charge in [0.2, 0.25) is 24.3 Å². The van der Waals surface area contributed by atoms with Gasteiger partial charge < -0.3 is 0 Å². The summed E-state index contributed by atoms with van der Waals surface area (Å²) < 4.78 is 0. The van der Waals surface area contributed by atoms with E-state index in [9.17, 15) is 9.59 Å². The Labute approximate surface area is 178 Å². The van der Waals surface area contributed by atoms with Crippen LogP contribution in [-0.2, 0) is 25.6 Å². The minimum Gasteiger partial charge on any atom is -0.222 e. The zero-order valence-corrected chi connectivity index (χ0v) is 16.3. The monoisotopic (exact) mass is 414 g/mol. The first-order valence-electron chi connectivity index (χ1n) is 8.56. The van der Waals surface area contributed by atoms with Crippen molar-refractivity contribution in [1.82, 2.24) is 0 Å². The molecule has 0 aliphatic heterocycles. The van der Waals surface area contributed by atoms with Gasteiger partial charge in [-0.15, -0.1) is 0 Å². The van der Waals surface area contributed by atoms with Gasteiger partial charge in [0.15, 0.2) is 0 Å². The van der Waals surface area contributed by atoms with Gasteiger partial charge in [-0.25, -0.2) is 30.0 Å². The number of isocyanates is 4. The predicted octanol–water partition coefficient (Wildman–Crippen LogP) is 4.70. The minimum absolute atomic E-state index is 0.481. The molecule has 0 fully saturated rings. The first-order chi connectivity index (χ1) is 15.1. The average Bonchev–Trinajstić information content (AvgIpc) is 2.79. The van der Waals surface area contributed by atoms with Crippen LogP contribution in [-0.4, -0.2) is 24.3 Å². The molecule has 31 heavy (non-hydrogen) atoms. The molecule has 0 atom stereocenters. The number of nitrogens with zero attached hydrogens (tertiary/aromatic N) is 2. The van der Waals surface area contributed by atoms with Gasteiger partial charge >= 0.3 is 0 Å². The van der Waals surface area contributed by atoms with E-state index in [1.54, 1.807) is 24.3 Å². The SMILES string of the molecule is N=C=O.N=C=O.O=C=Nc1ccc(N=C=O)cc1.c1ccc(Cc2ccccc2)cc1. The lowest BCUT2D eigenvalue weighted by molar-refractivity contribution is 0.562. The molecule has 0 spiro atoms. The molecule has 8 nitrogen and oxygen atoms in total. The van der Waals surface area contributed by atoms with Crippen molar-refractivity contribution in [3.05, 3.63) is 96.1 Å². The van der Waals surface area contributed by atoms with Gasteiger partial charge in [-0.05, 0) is 41.8 Å². The van der Waals surface area contributed by atoms with Crippen LogP contribution in [0.5, 0.6) is 0 Å². The molecule has 2 N–H and O–H groups in total. The first-order valence-corrected chi connectivity index (χ1v) is 8.56. The van der Waals surface area contributed by atoms with Gasteiger partial charge in [-0.1, -0.05) is 60.7 Å². The average molecular weight is 414 g/mol. The molecular formula is C23H18N4O4. The summed E-state index contributed by atoms with van der Waals surface area (Å²) in [6.07, 6.45) is 5.33. The van der Waals surface area contributed by atoms with Gasteiger partial charge in [0.05, 0.1) is 11.4 Å². The van der Waals surface area contributed by atoms with Crippen molar-refractivity contribution in [3.8, 4) is 0 Å². The highest BCUT2D eigenvalue weighted by Crippen LogP contribution is 2.17. The fraction of sp³-hybridized carbons (Fsp3) is 0.0435. The molecule has 0 saturated carbocycles. The number of aliphatic imine (C=N–C) groups is 2. The normalized spacial score (nSPS) is 7.74. The number of carbonyl (C=O) groups excluding carboxylic acids is 4. The summed E-state index contributed by atoms with van der Waals surface area (Å²) in [6.45, 7) is 0. The molecule has 0 bridgehead atoms. The molecule has 154 valence electrons. The van der Waals surface area contributed by atoms with E-state index in [0.29, 0.717) is 11.4 Å². The third kappa shape index (κ3) is 13.9. The molecule has 3 aromatic carbocycles. The molecule has 0 amide bonds. The molecule has 0 aromatic heterocycles. The second kappa shape index (κ2) is 18.5. The van der Waals surface area contributed by atoms with Crippen LogP contribution in [0.4, 0.5) is 11.4 Å². The van der Waals surface area contributed by atoms with Crippen molar-refractivity contribution in [2.75, 3.05) is 0 Å². The third-order valence-electron chi connectivity index (χ3n) is 3.29. The lowest BCUT2D eigenvalue weighted by Crippen LogP contribution is -1.85. The van der Waals surface area contributed by atoms with E-state index in [1.165, 1.54) is 23.3 Å². The lowest BCUT2D eigenvalue weighted by Gasteiger charge is -2.00. The Morgan fingerprint density at radius 2 is 0.839 bits per heavy atom. The Balaban J connectivity index is 0.000000466. The Morgan fingerprint density at radius 3 is 1.10 bits per heavy atom.